The minimum absolute atomic E-state index is 0. The molecule has 0 unspecified atom stereocenters. The number of hydrogen-bond acceptors (Lipinski definition) is 1. The first-order valence-electron chi connectivity index (χ1n) is 4.23. The summed E-state index contributed by atoms with van der Waals surface area (Å²) in [6, 6.07) is 20.8. The van der Waals surface area contributed by atoms with Gasteiger partial charge in [0.05, 0.1) is 0 Å². The van der Waals surface area contributed by atoms with Gasteiger partial charge in [0, 0.05) is 30.9 Å². The summed E-state index contributed by atoms with van der Waals surface area (Å²) in [5.74, 6) is 0. The Morgan fingerprint density at radius 3 is 1.29 bits per heavy atom. The van der Waals surface area contributed by atoms with Crippen molar-refractivity contribution in [2.75, 3.05) is 0 Å². The second kappa shape index (κ2) is 6.05. The average Bonchev–Trinajstić information content (AvgIpc) is 2.21. The van der Waals surface area contributed by atoms with Crippen molar-refractivity contribution in [1.29, 1.82) is 0 Å². The second-order valence-electron chi connectivity index (χ2n) is 2.73. The largest absolute Gasteiger partial charge is 0.0901 e. The van der Waals surface area contributed by atoms with Crippen molar-refractivity contribution in [3.8, 4) is 0 Å². The van der Waals surface area contributed by atoms with Crippen LogP contribution in [-0.2, 0) is 21.1 Å². The van der Waals surface area contributed by atoms with E-state index in [-0.39, 0.29) is 21.1 Å². The fourth-order valence-corrected chi connectivity index (χ4v) is 1.97. The predicted molar refractivity (Wildman–Crippen MR) is 57.0 cm³/mol. The van der Waals surface area contributed by atoms with E-state index in [1.807, 2.05) is 12.1 Å². The quantitative estimate of drug-likeness (QED) is 0.762. The van der Waals surface area contributed by atoms with Crippen LogP contribution in [0, 0.1) is 0 Å². The minimum Gasteiger partial charge on any atom is -0.0901 e. The van der Waals surface area contributed by atoms with Crippen molar-refractivity contribution in [3.63, 3.8) is 0 Å². The normalized spacial score (nSPS) is 9.14. The summed E-state index contributed by atoms with van der Waals surface area (Å²) in [5, 5.41) is 0. The summed E-state index contributed by atoms with van der Waals surface area (Å²) in [5.41, 5.74) is 0. The van der Waals surface area contributed by atoms with Crippen LogP contribution in [0.15, 0.2) is 70.5 Å². The summed E-state index contributed by atoms with van der Waals surface area (Å²) in [4.78, 5) is 2.57. The molecule has 0 aromatic heterocycles. The van der Waals surface area contributed by atoms with E-state index >= 15 is 0 Å². The molecule has 0 aliphatic carbocycles. The molecule has 2 heteroatoms. The van der Waals surface area contributed by atoms with E-state index in [0.29, 0.717) is 0 Å². The Labute approximate surface area is 103 Å². The molecule has 0 nitrogen and oxygen atoms in total. The molecule has 0 spiro atoms. The molecule has 2 aromatic carbocycles. The Morgan fingerprint density at radius 2 is 0.929 bits per heavy atom. The molecule has 74 valence electrons. The Hall–Kier alpha value is -0.522. The molecule has 2 aromatic rings. The van der Waals surface area contributed by atoms with Gasteiger partial charge < -0.3 is 0 Å². The molecular weight excluding hydrogens is 371 g/mol. The molecule has 0 atom stereocenters. The van der Waals surface area contributed by atoms with Crippen molar-refractivity contribution in [1.82, 2.24) is 0 Å². The molecule has 14 heavy (non-hydrogen) atoms. The zero-order chi connectivity index (χ0) is 8.93. The Morgan fingerprint density at radius 1 is 0.571 bits per heavy atom. The molecule has 0 fully saturated rings. The van der Waals surface area contributed by atoms with Crippen molar-refractivity contribution >= 4 is 11.8 Å². The van der Waals surface area contributed by atoms with Crippen LogP contribution < -0.4 is 0 Å². The van der Waals surface area contributed by atoms with Crippen LogP contribution in [0.2, 0.25) is 0 Å². The van der Waals surface area contributed by atoms with Crippen molar-refractivity contribution in [3.05, 3.63) is 60.7 Å². The Balaban J connectivity index is 0.000000980. The molecule has 0 aliphatic rings. The molecule has 2 rings (SSSR count). The standard InChI is InChI=1S/C12H10S.Pt/c1-3-7-11(8-4-1)13-12-9-5-2-6-10-12;/h1-10H;. The van der Waals surface area contributed by atoms with Gasteiger partial charge in [0.15, 0.2) is 0 Å². The third-order valence-corrected chi connectivity index (χ3v) is 2.74. The monoisotopic (exact) mass is 381 g/mol. The van der Waals surface area contributed by atoms with E-state index in [2.05, 4.69) is 48.5 Å². The molecule has 0 aliphatic heterocycles. The van der Waals surface area contributed by atoms with Gasteiger partial charge in [-0.05, 0) is 24.3 Å². The van der Waals surface area contributed by atoms with E-state index in [4.69, 9.17) is 0 Å². The molecule has 0 radical (unpaired) electrons. The van der Waals surface area contributed by atoms with E-state index in [1.54, 1.807) is 11.8 Å². The van der Waals surface area contributed by atoms with Gasteiger partial charge in [-0.2, -0.15) is 0 Å². The van der Waals surface area contributed by atoms with Gasteiger partial charge in [-0.25, -0.2) is 0 Å². The first-order chi connectivity index (χ1) is 6.45. The summed E-state index contributed by atoms with van der Waals surface area (Å²) in [6.07, 6.45) is 0. The van der Waals surface area contributed by atoms with Gasteiger partial charge in [0.2, 0.25) is 0 Å². The molecule has 0 saturated carbocycles. The SMILES string of the molecule is [Pt].c1ccc(Sc2ccccc2)cc1. The third-order valence-electron chi connectivity index (χ3n) is 1.72. The van der Waals surface area contributed by atoms with Crippen LogP contribution in [-0.4, -0.2) is 0 Å². The van der Waals surface area contributed by atoms with Gasteiger partial charge in [0.1, 0.15) is 0 Å². The number of hydrogen-bond donors (Lipinski definition) is 0. The second-order valence-corrected chi connectivity index (χ2v) is 3.88. The average molecular weight is 381 g/mol. The number of rotatable bonds is 2. The van der Waals surface area contributed by atoms with E-state index < -0.39 is 0 Å². The topological polar surface area (TPSA) is 0 Å². The maximum atomic E-state index is 2.12. The first-order valence-corrected chi connectivity index (χ1v) is 5.05. The van der Waals surface area contributed by atoms with E-state index in [1.165, 1.54) is 9.79 Å². The van der Waals surface area contributed by atoms with Gasteiger partial charge in [-0.3, -0.25) is 0 Å². The molecular formula is C12H10PtS. The minimum atomic E-state index is 0. The fourth-order valence-electron chi connectivity index (χ4n) is 1.11. The van der Waals surface area contributed by atoms with Gasteiger partial charge in [-0.15, -0.1) is 0 Å². The zero-order valence-corrected chi connectivity index (χ0v) is 10.6. The summed E-state index contributed by atoms with van der Waals surface area (Å²) < 4.78 is 0. The van der Waals surface area contributed by atoms with Crippen LogP contribution in [0.3, 0.4) is 0 Å². The Kier molecular flexibility index (Phi) is 5.00. The summed E-state index contributed by atoms with van der Waals surface area (Å²) >= 11 is 1.79. The molecule has 0 amide bonds. The first kappa shape index (κ1) is 11.6. The van der Waals surface area contributed by atoms with Crippen LogP contribution in [0.1, 0.15) is 0 Å². The van der Waals surface area contributed by atoms with E-state index in [0.717, 1.165) is 0 Å². The predicted octanol–water partition coefficient (Wildman–Crippen LogP) is 3.84. The maximum absolute atomic E-state index is 2.12. The van der Waals surface area contributed by atoms with E-state index in [9.17, 15) is 0 Å². The zero-order valence-electron chi connectivity index (χ0n) is 7.50. The summed E-state index contributed by atoms with van der Waals surface area (Å²) in [6.45, 7) is 0. The molecule has 0 heterocycles. The van der Waals surface area contributed by atoms with Gasteiger partial charge in [0.25, 0.3) is 0 Å². The van der Waals surface area contributed by atoms with Crippen LogP contribution in [0.4, 0.5) is 0 Å². The third kappa shape index (κ3) is 3.32. The Bertz CT molecular complexity index is 321. The summed E-state index contributed by atoms with van der Waals surface area (Å²) in [7, 11) is 0. The van der Waals surface area contributed by atoms with Gasteiger partial charge in [-0.1, -0.05) is 48.2 Å². The van der Waals surface area contributed by atoms with Crippen LogP contribution in [0.25, 0.3) is 0 Å². The molecule has 0 bridgehead atoms. The van der Waals surface area contributed by atoms with Gasteiger partial charge >= 0.3 is 0 Å². The van der Waals surface area contributed by atoms with Crippen molar-refractivity contribution in [2.45, 2.75) is 9.79 Å². The van der Waals surface area contributed by atoms with Crippen LogP contribution in [0.5, 0.6) is 0 Å². The molecule has 0 N–H and O–H groups in total. The van der Waals surface area contributed by atoms with Crippen molar-refractivity contribution in [2.24, 2.45) is 0 Å². The maximum Gasteiger partial charge on any atom is 0.0122 e. The van der Waals surface area contributed by atoms with Crippen LogP contribution >= 0.6 is 11.8 Å². The molecule has 0 saturated heterocycles. The van der Waals surface area contributed by atoms with Crippen molar-refractivity contribution < 1.29 is 21.1 Å². The number of benzene rings is 2. The fraction of sp³-hybridized carbons (Fsp3) is 0. The smallest absolute Gasteiger partial charge is 0.0122 e.